The molecule has 1 aromatic rings. The Morgan fingerprint density at radius 3 is 2.75 bits per heavy atom. The number of aliphatic carboxylic acids is 1. The van der Waals surface area contributed by atoms with E-state index >= 15 is 0 Å². The van der Waals surface area contributed by atoms with E-state index in [9.17, 15) is 13.6 Å². The zero-order valence-electron chi connectivity index (χ0n) is 7.94. The fourth-order valence-electron chi connectivity index (χ4n) is 1.11. The number of nitriles is 1. The Morgan fingerprint density at radius 2 is 2.31 bits per heavy atom. The van der Waals surface area contributed by atoms with Gasteiger partial charge in [0.15, 0.2) is 0 Å². The van der Waals surface area contributed by atoms with Crippen molar-refractivity contribution in [3.63, 3.8) is 0 Å². The van der Waals surface area contributed by atoms with Gasteiger partial charge in [-0.15, -0.1) is 0 Å². The molecule has 1 aromatic heterocycles. The quantitative estimate of drug-likeness (QED) is 0.805. The first-order chi connectivity index (χ1) is 7.45. The molecular formula is C9H7F2N3O2. The Morgan fingerprint density at radius 1 is 1.69 bits per heavy atom. The van der Waals surface area contributed by atoms with Crippen LogP contribution < -0.4 is 5.73 Å². The van der Waals surface area contributed by atoms with Gasteiger partial charge in [-0.1, -0.05) is 0 Å². The van der Waals surface area contributed by atoms with E-state index in [2.05, 4.69) is 4.98 Å². The van der Waals surface area contributed by atoms with Gasteiger partial charge in [-0.3, -0.25) is 4.79 Å². The number of nitrogens with two attached hydrogens (primary N) is 1. The molecule has 7 heteroatoms. The molecule has 0 saturated heterocycles. The lowest BCUT2D eigenvalue weighted by Crippen LogP contribution is -2.09. The number of aromatic nitrogens is 1. The van der Waals surface area contributed by atoms with Crippen molar-refractivity contribution < 1.29 is 18.7 Å². The minimum atomic E-state index is -2.87. The lowest BCUT2D eigenvalue weighted by atomic mass is 10.1. The van der Waals surface area contributed by atoms with Crippen LogP contribution in [-0.4, -0.2) is 16.1 Å². The van der Waals surface area contributed by atoms with Gasteiger partial charge in [0.05, 0.1) is 23.4 Å². The maximum atomic E-state index is 12.4. The Bertz CT molecular complexity index is 469. The molecule has 0 aliphatic carbocycles. The number of pyridine rings is 1. The lowest BCUT2D eigenvalue weighted by Gasteiger charge is -2.07. The van der Waals surface area contributed by atoms with E-state index in [1.807, 2.05) is 0 Å². The van der Waals surface area contributed by atoms with Crippen LogP contribution in [0.2, 0.25) is 0 Å². The summed E-state index contributed by atoms with van der Waals surface area (Å²) in [4.78, 5) is 13.8. The van der Waals surface area contributed by atoms with Crippen LogP contribution in [0.3, 0.4) is 0 Å². The minimum absolute atomic E-state index is 0.172. The first kappa shape index (κ1) is 11.8. The Labute approximate surface area is 89.1 Å². The molecule has 0 aromatic carbocycles. The second-order valence-corrected chi connectivity index (χ2v) is 2.94. The maximum Gasteiger partial charge on any atom is 0.309 e. The van der Waals surface area contributed by atoms with E-state index in [1.165, 1.54) is 0 Å². The minimum Gasteiger partial charge on any atom is -0.481 e. The number of carbonyl (C=O) groups is 1. The second kappa shape index (κ2) is 4.53. The van der Waals surface area contributed by atoms with E-state index in [0.29, 0.717) is 0 Å². The fourth-order valence-corrected chi connectivity index (χ4v) is 1.11. The molecule has 0 amide bonds. The van der Waals surface area contributed by atoms with Crippen LogP contribution in [0.5, 0.6) is 0 Å². The number of alkyl halides is 2. The summed E-state index contributed by atoms with van der Waals surface area (Å²) in [6, 6.07) is 2.47. The summed E-state index contributed by atoms with van der Waals surface area (Å²) in [5, 5.41) is 17.2. The highest BCUT2D eigenvalue weighted by Crippen LogP contribution is 2.23. The average Bonchev–Trinajstić information content (AvgIpc) is 2.20. The molecule has 1 rings (SSSR count). The Balaban J connectivity index is 3.31. The van der Waals surface area contributed by atoms with Crippen molar-refractivity contribution in [1.29, 1.82) is 5.26 Å². The van der Waals surface area contributed by atoms with E-state index in [-0.39, 0.29) is 16.9 Å². The summed E-state index contributed by atoms with van der Waals surface area (Å²) in [5.41, 5.74) is 4.18. The number of carboxylic acid groups (broad SMARTS) is 1. The highest BCUT2D eigenvalue weighted by Gasteiger charge is 2.17. The second-order valence-electron chi connectivity index (χ2n) is 2.94. The van der Waals surface area contributed by atoms with E-state index in [0.717, 1.165) is 6.07 Å². The van der Waals surface area contributed by atoms with Gasteiger partial charge in [-0.25, -0.2) is 13.8 Å². The lowest BCUT2D eigenvalue weighted by molar-refractivity contribution is -0.136. The monoisotopic (exact) mass is 227 g/mol. The van der Waals surface area contributed by atoms with Crippen LogP contribution in [0, 0.1) is 11.3 Å². The summed E-state index contributed by atoms with van der Waals surface area (Å²) >= 11 is 0. The molecule has 16 heavy (non-hydrogen) atoms. The molecule has 3 N–H and O–H groups in total. The van der Waals surface area contributed by atoms with Crippen molar-refractivity contribution in [3.8, 4) is 6.07 Å². The van der Waals surface area contributed by atoms with Gasteiger partial charge in [0.1, 0.15) is 11.8 Å². The highest BCUT2D eigenvalue weighted by molar-refractivity contribution is 5.73. The summed E-state index contributed by atoms with van der Waals surface area (Å²) in [6.07, 6.45) is -3.47. The number of anilines is 1. The van der Waals surface area contributed by atoms with Crippen molar-refractivity contribution in [3.05, 3.63) is 23.0 Å². The molecule has 84 valence electrons. The fraction of sp³-hybridized carbons (Fsp3) is 0.222. The molecular weight excluding hydrogens is 220 g/mol. The summed E-state index contributed by atoms with van der Waals surface area (Å²) in [6.45, 7) is 0. The van der Waals surface area contributed by atoms with Gasteiger partial charge in [-0.2, -0.15) is 5.26 Å². The molecule has 0 aliphatic heterocycles. The number of hydrogen-bond acceptors (Lipinski definition) is 4. The summed E-state index contributed by atoms with van der Waals surface area (Å²) in [7, 11) is 0. The normalized spacial score (nSPS) is 10.1. The van der Waals surface area contributed by atoms with Crippen molar-refractivity contribution in [2.45, 2.75) is 12.8 Å². The molecule has 0 saturated carbocycles. The number of nitrogen functional groups attached to an aromatic ring is 1. The van der Waals surface area contributed by atoms with Crippen molar-refractivity contribution >= 4 is 11.7 Å². The smallest absolute Gasteiger partial charge is 0.309 e. The third kappa shape index (κ3) is 2.42. The zero-order valence-corrected chi connectivity index (χ0v) is 7.94. The first-order valence-corrected chi connectivity index (χ1v) is 4.15. The first-order valence-electron chi connectivity index (χ1n) is 4.15. The molecule has 0 atom stereocenters. The third-order valence-corrected chi connectivity index (χ3v) is 1.82. The third-order valence-electron chi connectivity index (χ3n) is 1.82. The molecule has 0 unspecified atom stereocenters. The van der Waals surface area contributed by atoms with Crippen LogP contribution in [0.25, 0.3) is 0 Å². The van der Waals surface area contributed by atoms with Gasteiger partial charge in [0.25, 0.3) is 6.43 Å². The van der Waals surface area contributed by atoms with E-state index in [4.69, 9.17) is 16.1 Å². The Kier molecular flexibility index (Phi) is 3.35. The van der Waals surface area contributed by atoms with E-state index < -0.39 is 24.5 Å². The van der Waals surface area contributed by atoms with Gasteiger partial charge in [-0.05, 0) is 6.07 Å². The molecule has 0 radical (unpaired) electrons. The van der Waals surface area contributed by atoms with Gasteiger partial charge < -0.3 is 10.8 Å². The van der Waals surface area contributed by atoms with Crippen molar-refractivity contribution in [2.24, 2.45) is 0 Å². The zero-order chi connectivity index (χ0) is 12.3. The summed E-state index contributed by atoms with van der Waals surface area (Å²) in [5.74, 6) is -1.26. The molecule has 0 aliphatic rings. The Hall–Kier alpha value is -2.23. The van der Waals surface area contributed by atoms with Crippen molar-refractivity contribution in [2.75, 3.05) is 5.73 Å². The SMILES string of the molecule is N#Cc1cc(C(F)F)nc(CC(=O)O)c1N. The molecule has 0 fully saturated rings. The van der Waals surface area contributed by atoms with Gasteiger partial charge in [0.2, 0.25) is 0 Å². The molecule has 1 heterocycles. The van der Waals surface area contributed by atoms with Gasteiger partial charge in [0, 0.05) is 0 Å². The number of nitrogens with zero attached hydrogens (tertiary/aromatic N) is 2. The predicted octanol–water partition coefficient (Wildman–Crippen LogP) is 1.10. The topological polar surface area (TPSA) is 100 Å². The highest BCUT2D eigenvalue weighted by atomic mass is 19.3. The molecule has 0 spiro atoms. The van der Waals surface area contributed by atoms with E-state index in [1.54, 1.807) is 6.07 Å². The molecule has 0 bridgehead atoms. The van der Waals surface area contributed by atoms with Crippen molar-refractivity contribution in [1.82, 2.24) is 4.98 Å². The van der Waals surface area contributed by atoms with Crippen LogP contribution in [0.4, 0.5) is 14.5 Å². The number of halogens is 2. The predicted molar refractivity (Wildman–Crippen MR) is 49.7 cm³/mol. The number of carboxylic acids is 1. The molecule has 5 nitrogen and oxygen atoms in total. The van der Waals surface area contributed by atoms with Crippen LogP contribution in [0.1, 0.15) is 23.4 Å². The standard InChI is InChI=1S/C9H7F2N3O2/c10-9(11)6-1-4(3-12)8(13)5(14-6)2-7(15)16/h1,9H,2,13H2,(H,15,16). The van der Waals surface area contributed by atoms with Crippen LogP contribution >= 0.6 is 0 Å². The van der Waals surface area contributed by atoms with Gasteiger partial charge >= 0.3 is 5.97 Å². The largest absolute Gasteiger partial charge is 0.481 e. The summed E-state index contributed by atoms with van der Waals surface area (Å²) < 4.78 is 24.7. The number of hydrogen-bond donors (Lipinski definition) is 2. The average molecular weight is 227 g/mol. The van der Waals surface area contributed by atoms with Crippen LogP contribution in [-0.2, 0) is 11.2 Å². The number of rotatable bonds is 3. The maximum absolute atomic E-state index is 12.4. The van der Waals surface area contributed by atoms with Crippen LogP contribution in [0.15, 0.2) is 6.07 Å².